The first-order valence-corrected chi connectivity index (χ1v) is 7.88. The van der Waals surface area contributed by atoms with Gasteiger partial charge in [-0.2, -0.15) is 0 Å². The van der Waals surface area contributed by atoms with Gasteiger partial charge in [0.25, 0.3) is 0 Å². The lowest BCUT2D eigenvalue weighted by Gasteiger charge is -2.34. The Bertz CT molecular complexity index is 502. The van der Waals surface area contributed by atoms with Crippen LogP contribution in [0.25, 0.3) is 0 Å². The predicted molar refractivity (Wildman–Crippen MR) is 83.4 cm³/mol. The Kier molecular flexibility index (Phi) is 5.08. The van der Waals surface area contributed by atoms with Gasteiger partial charge in [0.1, 0.15) is 17.5 Å². The maximum atomic E-state index is 12.1. The van der Waals surface area contributed by atoms with Gasteiger partial charge in [0.2, 0.25) is 0 Å². The number of rotatable bonds is 2. The summed E-state index contributed by atoms with van der Waals surface area (Å²) in [5.41, 5.74) is -0.473. The van der Waals surface area contributed by atoms with Crippen LogP contribution in [0.5, 0.6) is 5.75 Å². The minimum absolute atomic E-state index is 0.0256. The molecule has 0 aliphatic carbocycles. The third-order valence-electron chi connectivity index (χ3n) is 3.01. The fraction of sp³-hybridized carbons (Fsp3) is 0.600. The number of piperidine rings is 1. The summed E-state index contributed by atoms with van der Waals surface area (Å²) in [5, 5.41) is 0. The Balaban J connectivity index is 1.93. The average molecular weight is 357 g/mol. The van der Waals surface area contributed by atoms with Crippen LogP contribution >= 0.6 is 15.9 Å². The van der Waals surface area contributed by atoms with Crippen molar-refractivity contribution in [2.45, 2.75) is 45.3 Å². The third kappa shape index (κ3) is 5.19. The van der Waals surface area contributed by atoms with Crippen LogP contribution < -0.4 is 4.74 Å². The number of hydrogen-bond donors (Lipinski definition) is 0. The van der Waals surface area contributed by atoms with Crippen LogP contribution in [0.15, 0.2) is 22.9 Å². The van der Waals surface area contributed by atoms with Gasteiger partial charge >= 0.3 is 6.09 Å². The van der Waals surface area contributed by atoms with E-state index in [1.54, 1.807) is 17.3 Å². The van der Waals surface area contributed by atoms with Crippen molar-refractivity contribution >= 4 is 22.0 Å². The number of aromatic nitrogens is 1. The summed E-state index contributed by atoms with van der Waals surface area (Å²) in [6.07, 6.45) is 4.92. The molecule has 1 amide bonds. The monoisotopic (exact) mass is 356 g/mol. The normalized spacial score (nSPS) is 19.2. The summed E-state index contributed by atoms with van der Waals surface area (Å²) in [7, 11) is 0. The van der Waals surface area contributed by atoms with Gasteiger partial charge in [-0.3, -0.25) is 4.98 Å². The van der Waals surface area contributed by atoms with Gasteiger partial charge in [0.15, 0.2) is 0 Å². The SMILES string of the molecule is CC(C)(C)OC(=O)N1CCCC(Oc2cncc(Br)c2)C1. The van der Waals surface area contributed by atoms with Crippen LogP contribution in [0.2, 0.25) is 0 Å². The molecular weight excluding hydrogens is 336 g/mol. The van der Waals surface area contributed by atoms with E-state index < -0.39 is 5.60 Å². The van der Waals surface area contributed by atoms with E-state index in [9.17, 15) is 4.79 Å². The molecule has 1 atom stereocenters. The summed E-state index contributed by atoms with van der Waals surface area (Å²) in [5.74, 6) is 0.709. The molecule has 1 aromatic heterocycles. The van der Waals surface area contributed by atoms with E-state index in [0.29, 0.717) is 18.8 Å². The molecule has 1 fully saturated rings. The highest BCUT2D eigenvalue weighted by atomic mass is 79.9. The lowest BCUT2D eigenvalue weighted by Crippen LogP contribution is -2.46. The first-order valence-electron chi connectivity index (χ1n) is 7.08. The van der Waals surface area contributed by atoms with Crippen LogP contribution in [0.1, 0.15) is 33.6 Å². The third-order valence-corrected chi connectivity index (χ3v) is 3.45. The Morgan fingerprint density at radius 3 is 2.86 bits per heavy atom. The van der Waals surface area contributed by atoms with Crippen molar-refractivity contribution in [1.82, 2.24) is 9.88 Å². The number of halogens is 1. The standard InChI is InChI=1S/C15H21BrN2O3/c1-15(2,3)21-14(19)18-6-4-5-12(10-18)20-13-7-11(16)8-17-9-13/h7-9,12H,4-6,10H2,1-3H3. The summed E-state index contributed by atoms with van der Waals surface area (Å²) >= 11 is 3.37. The highest BCUT2D eigenvalue weighted by Gasteiger charge is 2.28. The Morgan fingerprint density at radius 1 is 1.43 bits per heavy atom. The first kappa shape index (κ1) is 16.1. The maximum Gasteiger partial charge on any atom is 0.410 e. The number of nitrogens with zero attached hydrogens (tertiary/aromatic N) is 2. The molecule has 0 radical (unpaired) electrons. The Morgan fingerprint density at radius 2 is 2.19 bits per heavy atom. The van der Waals surface area contributed by atoms with Gasteiger partial charge in [0, 0.05) is 17.2 Å². The molecule has 1 aromatic rings. The topological polar surface area (TPSA) is 51.7 Å². The number of ether oxygens (including phenoxy) is 2. The van der Waals surface area contributed by atoms with Crippen molar-refractivity contribution in [3.8, 4) is 5.75 Å². The fourth-order valence-electron chi connectivity index (χ4n) is 2.18. The number of amides is 1. The smallest absolute Gasteiger partial charge is 0.410 e. The summed E-state index contributed by atoms with van der Waals surface area (Å²) in [6.45, 7) is 6.87. The van der Waals surface area contributed by atoms with Crippen LogP contribution in [-0.4, -0.2) is 40.8 Å². The van der Waals surface area contributed by atoms with Crippen molar-refractivity contribution in [2.24, 2.45) is 0 Å². The van der Waals surface area contributed by atoms with Crippen molar-refractivity contribution in [3.63, 3.8) is 0 Å². The largest absolute Gasteiger partial charge is 0.487 e. The second kappa shape index (κ2) is 6.64. The van der Waals surface area contributed by atoms with Crippen LogP contribution in [0, 0.1) is 0 Å². The molecule has 1 unspecified atom stereocenters. The summed E-state index contributed by atoms with van der Waals surface area (Å²) in [4.78, 5) is 17.9. The summed E-state index contributed by atoms with van der Waals surface area (Å²) < 4.78 is 12.2. The van der Waals surface area contributed by atoms with E-state index in [2.05, 4.69) is 20.9 Å². The van der Waals surface area contributed by atoms with E-state index in [1.807, 2.05) is 26.8 Å². The number of pyridine rings is 1. The number of carbonyl (C=O) groups excluding carboxylic acids is 1. The van der Waals surface area contributed by atoms with E-state index >= 15 is 0 Å². The molecular formula is C15H21BrN2O3. The minimum atomic E-state index is -0.473. The molecule has 2 rings (SSSR count). The lowest BCUT2D eigenvalue weighted by atomic mass is 10.1. The molecule has 116 valence electrons. The molecule has 2 heterocycles. The molecule has 0 bridgehead atoms. The minimum Gasteiger partial charge on any atom is -0.487 e. The summed E-state index contributed by atoms with van der Waals surface area (Å²) in [6, 6.07) is 1.87. The second-order valence-corrected chi connectivity index (χ2v) is 7.06. The zero-order chi connectivity index (χ0) is 15.5. The van der Waals surface area contributed by atoms with E-state index in [-0.39, 0.29) is 12.2 Å². The molecule has 1 saturated heterocycles. The second-order valence-electron chi connectivity index (χ2n) is 6.15. The molecule has 0 aromatic carbocycles. The number of likely N-dealkylation sites (tertiary alicyclic amines) is 1. The van der Waals surface area contributed by atoms with Crippen LogP contribution in [-0.2, 0) is 4.74 Å². The lowest BCUT2D eigenvalue weighted by molar-refractivity contribution is 0.00772. The fourth-order valence-corrected chi connectivity index (χ4v) is 2.52. The molecule has 0 saturated carbocycles. The number of hydrogen-bond acceptors (Lipinski definition) is 4. The van der Waals surface area contributed by atoms with E-state index in [4.69, 9.17) is 9.47 Å². The molecule has 1 aliphatic rings. The van der Waals surface area contributed by atoms with Crippen molar-refractivity contribution in [1.29, 1.82) is 0 Å². The highest BCUT2D eigenvalue weighted by molar-refractivity contribution is 9.10. The Hall–Kier alpha value is -1.30. The molecule has 5 nitrogen and oxygen atoms in total. The van der Waals surface area contributed by atoms with Crippen LogP contribution in [0.3, 0.4) is 0 Å². The van der Waals surface area contributed by atoms with Crippen molar-refractivity contribution in [2.75, 3.05) is 13.1 Å². The van der Waals surface area contributed by atoms with Gasteiger partial charge in [0.05, 0.1) is 12.7 Å². The zero-order valence-electron chi connectivity index (χ0n) is 12.6. The molecule has 6 heteroatoms. The quantitative estimate of drug-likeness (QED) is 0.811. The molecule has 21 heavy (non-hydrogen) atoms. The highest BCUT2D eigenvalue weighted by Crippen LogP contribution is 2.22. The molecule has 0 spiro atoms. The van der Waals surface area contributed by atoms with Gasteiger partial charge in [-0.15, -0.1) is 0 Å². The van der Waals surface area contributed by atoms with Gasteiger partial charge in [-0.05, 0) is 55.6 Å². The van der Waals surface area contributed by atoms with Crippen LogP contribution in [0.4, 0.5) is 4.79 Å². The zero-order valence-corrected chi connectivity index (χ0v) is 14.2. The maximum absolute atomic E-state index is 12.1. The van der Waals surface area contributed by atoms with E-state index in [1.165, 1.54) is 0 Å². The van der Waals surface area contributed by atoms with Gasteiger partial charge < -0.3 is 14.4 Å². The van der Waals surface area contributed by atoms with Crippen molar-refractivity contribution < 1.29 is 14.3 Å². The van der Waals surface area contributed by atoms with E-state index in [0.717, 1.165) is 17.3 Å². The predicted octanol–water partition coefficient (Wildman–Crippen LogP) is 3.62. The molecule has 0 N–H and O–H groups in total. The number of carbonyl (C=O) groups is 1. The average Bonchev–Trinajstić information content (AvgIpc) is 2.37. The molecule has 1 aliphatic heterocycles. The van der Waals surface area contributed by atoms with Gasteiger partial charge in [-0.25, -0.2) is 4.79 Å². The first-order chi connectivity index (χ1) is 9.83. The van der Waals surface area contributed by atoms with Crippen molar-refractivity contribution in [3.05, 3.63) is 22.9 Å². The van der Waals surface area contributed by atoms with Gasteiger partial charge in [-0.1, -0.05) is 0 Å². The Labute approximate surface area is 133 Å².